The lowest BCUT2D eigenvalue weighted by Crippen LogP contribution is -2.02. The average molecular weight is 279 g/mol. The number of rotatable bonds is 4. The van der Waals surface area contributed by atoms with Crippen LogP contribution in [0.25, 0.3) is 10.9 Å². The number of anilines is 1. The van der Waals surface area contributed by atoms with Gasteiger partial charge in [-0.15, -0.1) is 0 Å². The number of aromatic nitrogens is 1. The molecule has 4 nitrogen and oxygen atoms in total. The Bertz CT molecular complexity index is 754. The molecule has 1 aromatic heterocycles. The van der Waals surface area contributed by atoms with Gasteiger partial charge in [-0.3, -0.25) is 0 Å². The van der Waals surface area contributed by atoms with Crippen molar-refractivity contribution in [1.82, 2.24) is 4.98 Å². The highest BCUT2D eigenvalue weighted by atomic mass is 16.5. The van der Waals surface area contributed by atoms with Crippen molar-refractivity contribution in [3.63, 3.8) is 0 Å². The van der Waals surface area contributed by atoms with Crippen LogP contribution in [-0.4, -0.2) is 11.5 Å². The van der Waals surface area contributed by atoms with Gasteiger partial charge in [0.1, 0.15) is 5.75 Å². The maximum absolute atomic E-state index is 5.73. The molecular weight excluding hydrogens is 262 g/mol. The van der Waals surface area contributed by atoms with Gasteiger partial charge < -0.3 is 16.2 Å². The maximum atomic E-state index is 5.73. The standard InChI is InChI=1S/C17H17N3O/c18-10-9-12-1-7-16-13(11-12)2-8-17(20-16)21-15-5-3-14(19)4-6-15/h1-8,11H,9-10,18-19H2. The monoisotopic (exact) mass is 279 g/mol. The summed E-state index contributed by atoms with van der Waals surface area (Å²) >= 11 is 0. The van der Waals surface area contributed by atoms with Gasteiger partial charge in [0, 0.05) is 17.1 Å². The van der Waals surface area contributed by atoms with Crippen molar-refractivity contribution >= 4 is 16.6 Å². The predicted molar refractivity (Wildman–Crippen MR) is 85.4 cm³/mol. The normalized spacial score (nSPS) is 10.7. The van der Waals surface area contributed by atoms with E-state index in [2.05, 4.69) is 17.1 Å². The van der Waals surface area contributed by atoms with Crippen molar-refractivity contribution in [2.75, 3.05) is 12.3 Å². The van der Waals surface area contributed by atoms with Gasteiger partial charge in [-0.05, 0) is 61.0 Å². The third kappa shape index (κ3) is 3.12. The number of hydrogen-bond donors (Lipinski definition) is 2. The minimum atomic E-state index is 0.568. The molecule has 0 saturated carbocycles. The van der Waals surface area contributed by atoms with Crippen LogP contribution < -0.4 is 16.2 Å². The summed E-state index contributed by atoms with van der Waals surface area (Å²) in [4.78, 5) is 4.51. The molecule has 0 aliphatic heterocycles. The molecule has 0 bridgehead atoms. The molecule has 0 spiro atoms. The van der Waals surface area contributed by atoms with E-state index in [1.54, 1.807) is 12.1 Å². The molecule has 3 aromatic rings. The molecule has 2 aromatic carbocycles. The van der Waals surface area contributed by atoms with Gasteiger partial charge in [-0.2, -0.15) is 0 Å². The maximum Gasteiger partial charge on any atom is 0.219 e. The Morgan fingerprint density at radius 1 is 0.952 bits per heavy atom. The van der Waals surface area contributed by atoms with E-state index < -0.39 is 0 Å². The van der Waals surface area contributed by atoms with Gasteiger partial charge in [0.05, 0.1) is 5.52 Å². The summed E-state index contributed by atoms with van der Waals surface area (Å²) in [6.07, 6.45) is 0.875. The highest BCUT2D eigenvalue weighted by molar-refractivity contribution is 5.79. The van der Waals surface area contributed by atoms with Crippen LogP contribution >= 0.6 is 0 Å². The summed E-state index contributed by atoms with van der Waals surface area (Å²) in [5.74, 6) is 1.29. The van der Waals surface area contributed by atoms with E-state index in [9.17, 15) is 0 Å². The summed E-state index contributed by atoms with van der Waals surface area (Å²) in [5, 5.41) is 1.09. The fourth-order valence-corrected chi connectivity index (χ4v) is 2.19. The Labute approximate surface area is 123 Å². The first-order valence-corrected chi connectivity index (χ1v) is 6.88. The molecule has 4 heteroatoms. The second-order valence-corrected chi connectivity index (χ2v) is 4.89. The molecule has 3 rings (SSSR count). The van der Waals surface area contributed by atoms with Gasteiger partial charge in [-0.25, -0.2) is 4.98 Å². The second kappa shape index (κ2) is 5.81. The first kappa shape index (κ1) is 13.4. The lowest BCUT2D eigenvalue weighted by atomic mass is 10.1. The Morgan fingerprint density at radius 3 is 2.52 bits per heavy atom. The summed E-state index contributed by atoms with van der Waals surface area (Å²) in [7, 11) is 0. The lowest BCUT2D eigenvalue weighted by Gasteiger charge is -2.07. The minimum absolute atomic E-state index is 0.568. The quantitative estimate of drug-likeness (QED) is 0.720. The van der Waals surface area contributed by atoms with Crippen LogP contribution in [0.4, 0.5) is 5.69 Å². The average Bonchev–Trinajstić information content (AvgIpc) is 2.50. The van der Waals surface area contributed by atoms with Crippen LogP contribution in [0.1, 0.15) is 5.56 Å². The van der Waals surface area contributed by atoms with Gasteiger partial charge in [0.2, 0.25) is 5.88 Å². The van der Waals surface area contributed by atoms with Gasteiger partial charge in [0.15, 0.2) is 0 Å². The highest BCUT2D eigenvalue weighted by Gasteiger charge is 2.02. The number of nitrogen functional groups attached to an aromatic ring is 1. The first-order chi connectivity index (χ1) is 10.2. The van der Waals surface area contributed by atoms with Crippen LogP contribution in [-0.2, 0) is 6.42 Å². The number of ether oxygens (including phenoxy) is 1. The van der Waals surface area contributed by atoms with E-state index >= 15 is 0 Å². The highest BCUT2D eigenvalue weighted by Crippen LogP contribution is 2.23. The fourth-order valence-electron chi connectivity index (χ4n) is 2.19. The number of nitrogens with zero attached hydrogens (tertiary/aromatic N) is 1. The van der Waals surface area contributed by atoms with Crippen molar-refractivity contribution in [1.29, 1.82) is 0 Å². The summed E-state index contributed by atoms with van der Waals surface area (Å²) < 4.78 is 5.73. The lowest BCUT2D eigenvalue weighted by molar-refractivity contribution is 0.465. The van der Waals surface area contributed by atoms with E-state index in [1.807, 2.05) is 30.3 Å². The molecule has 0 amide bonds. The van der Waals surface area contributed by atoms with Gasteiger partial charge in [-0.1, -0.05) is 6.07 Å². The zero-order valence-corrected chi connectivity index (χ0v) is 11.6. The van der Waals surface area contributed by atoms with Crippen molar-refractivity contribution < 1.29 is 4.74 Å². The van der Waals surface area contributed by atoms with Gasteiger partial charge in [0.25, 0.3) is 0 Å². The molecule has 1 heterocycles. The molecule has 106 valence electrons. The Hall–Kier alpha value is -2.59. The minimum Gasteiger partial charge on any atom is -0.439 e. The van der Waals surface area contributed by atoms with Crippen molar-refractivity contribution in [2.45, 2.75) is 6.42 Å². The summed E-state index contributed by atoms with van der Waals surface area (Å²) in [5.41, 5.74) is 14.1. The third-order valence-electron chi connectivity index (χ3n) is 3.26. The molecule has 4 N–H and O–H groups in total. The first-order valence-electron chi connectivity index (χ1n) is 6.88. The zero-order chi connectivity index (χ0) is 14.7. The van der Waals surface area contributed by atoms with E-state index in [0.29, 0.717) is 18.1 Å². The molecule has 0 fully saturated rings. The van der Waals surface area contributed by atoms with Crippen molar-refractivity contribution in [3.05, 3.63) is 60.2 Å². The Morgan fingerprint density at radius 2 is 1.76 bits per heavy atom. The number of fused-ring (bicyclic) bond motifs is 1. The van der Waals surface area contributed by atoms with E-state index in [4.69, 9.17) is 16.2 Å². The van der Waals surface area contributed by atoms with Crippen LogP contribution in [0.3, 0.4) is 0 Å². The number of pyridine rings is 1. The Balaban J connectivity index is 1.87. The van der Waals surface area contributed by atoms with E-state index in [1.165, 1.54) is 5.56 Å². The largest absolute Gasteiger partial charge is 0.439 e. The van der Waals surface area contributed by atoms with Crippen LogP contribution in [0.2, 0.25) is 0 Å². The predicted octanol–water partition coefficient (Wildman–Crippen LogP) is 3.11. The SMILES string of the molecule is NCCc1ccc2nc(Oc3ccc(N)cc3)ccc2c1. The number of hydrogen-bond acceptors (Lipinski definition) is 4. The van der Waals surface area contributed by atoms with Crippen LogP contribution in [0.15, 0.2) is 54.6 Å². The number of benzene rings is 2. The van der Waals surface area contributed by atoms with Crippen LogP contribution in [0.5, 0.6) is 11.6 Å². The number of nitrogens with two attached hydrogens (primary N) is 2. The Kier molecular flexibility index (Phi) is 3.71. The third-order valence-corrected chi connectivity index (χ3v) is 3.26. The van der Waals surface area contributed by atoms with Gasteiger partial charge >= 0.3 is 0 Å². The smallest absolute Gasteiger partial charge is 0.219 e. The van der Waals surface area contributed by atoms with Crippen molar-refractivity contribution in [2.24, 2.45) is 5.73 Å². The fraction of sp³-hybridized carbons (Fsp3) is 0.118. The molecule has 0 atom stereocenters. The second-order valence-electron chi connectivity index (χ2n) is 4.89. The van der Waals surface area contributed by atoms with E-state index in [-0.39, 0.29) is 0 Å². The topological polar surface area (TPSA) is 74.2 Å². The molecule has 0 aliphatic carbocycles. The van der Waals surface area contributed by atoms with E-state index in [0.717, 1.165) is 23.1 Å². The molecule has 0 aliphatic rings. The summed E-state index contributed by atoms with van der Waals surface area (Å²) in [6.45, 7) is 0.650. The summed E-state index contributed by atoms with van der Waals surface area (Å²) in [6, 6.07) is 17.3. The molecule has 21 heavy (non-hydrogen) atoms. The molecule has 0 saturated heterocycles. The van der Waals surface area contributed by atoms with Crippen LogP contribution in [0, 0.1) is 0 Å². The zero-order valence-electron chi connectivity index (χ0n) is 11.6. The van der Waals surface area contributed by atoms with Crippen molar-refractivity contribution in [3.8, 4) is 11.6 Å². The molecule has 0 radical (unpaired) electrons. The molecular formula is C17H17N3O. The molecule has 0 unspecified atom stereocenters.